The maximum atomic E-state index is 11.4. The average Bonchev–Trinajstić information content (AvgIpc) is 2.30. The fraction of sp³-hybridized carbons (Fsp3) is 0.444. The molecule has 0 spiro atoms. The molecule has 0 aromatic carbocycles. The number of carbonyl (C=O) groups excluding carboxylic acids is 1. The van der Waals surface area contributed by atoms with Crippen molar-refractivity contribution in [1.82, 2.24) is 0 Å². The molecule has 1 rings (SSSR count). The number of rotatable bonds is 3. The van der Waals surface area contributed by atoms with Crippen LogP contribution in [0.5, 0.6) is 0 Å². The first-order valence-electron chi connectivity index (χ1n) is 4.19. The maximum Gasteiger partial charge on any atom is 0.226 e. The van der Waals surface area contributed by atoms with E-state index in [4.69, 9.17) is 5.73 Å². The van der Waals surface area contributed by atoms with Crippen molar-refractivity contribution in [3.63, 3.8) is 0 Å². The monoisotopic (exact) mass is 276 g/mol. The molecular weight excluding hydrogens is 264 g/mol. The molecule has 1 aromatic heterocycles. The van der Waals surface area contributed by atoms with Crippen LogP contribution in [-0.2, 0) is 4.79 Å². The average molecular weight is 277 g/mol. The van der Waals surface area contributed by atoms with Crippen LogP contribution in [0.4, 0.5) is 5.00 Å². The van der Waals surface area contributed by atoms with Crippen LogP contribution >= 0.6 is 27.3 Å². The maximum absolute atomic E-state index is 11.4. The topological polar surface area (TPSA) is 55.1 Å². The second-order valence-electron chi connectivity index (χ2n) is 3.84. The van der Waals surface area contributed by atoms with Crippen LogP contribution < -0.4 is 11.1 Å². The highest BCUT2D eigenvalue weighted by atomic mass is 79.9. The minimum absolute atomic E-state index is 0.0492. The third-order valence-electron chi connectivity index (χ3n) is 1.45. The normalized spacial score (nSPS) is 11.4. The van der Waals surface area contributed by atoms with Crippen LogP contribution in [0.25, 0.3) is 0 Å². The van der Waals surface area contributed by atoms with Crippen molar-refractivity contribution in [1.29, 1.82) is 0 Å². The molecule has 0 saturated heterocycles. The molecule has 78 valence electrons. The van der Waals surface area contributed by atoms with E-state index in [2.05, 4.69) is 21.2 Å². The number of amides is 1. The highest BCUT2D eigenvalue weighted by Crippen LogP contribution is 2.24. The number of carbonyl (C=O) groups is 1. The van der Waals surface area contributed by atoms with E-state index in [9.17, 15) is 4.79 Å². The molecule has 0 aliphatic heterocycles. The molecule has 3 N–H and O–H groups in total. The molecule has 0 aliphatic rings. The van der Waals surface area contributed by atoms with Crippen LogP contribution in [-0.4, -0.2) is 11.4 Å². The van der Waals surface area contributed by atoms with Gasteiger partial charge in [-0.05, 0) is 35.8 Å². The van der Waals surface area contributed by atoms with Gasteiger partial charge in [0.05, 0.1) is 5.00 Å². The summed E-state index contributed by atoms with van der Waals surface area (Å²) < 4.78 is 0.977. The molecule has 5 heteroatoms. The van der Waals surface area contributed by atoms with Crippen molar-refractivity contribution in [3.8, 4) is 0 Å². The molecule has 0 aliphatic carbocycles. The van der Waals surface area contributed by atoms with Crippen LogP contribution in [0.1, 0.15) is 20.3 Å². The summed E-state index contributed by atoms with van der Waals surface area (Å²) in [7, 11) is 0. The van der Waals surface area contributed by atoms with Gasteiger partial charge in [-0.3, -0.25) is 4.79 Å². The Labute approximate surface area is 95.8 Å². The highest BCUT2D eigenvalue weighted by Gasteiger charge is 2.16. The number of halogens is 1. The predicted octanol–water partition coefficient (Wildman–Crippen LogP) is 2.58. The predicted molar refractivity (Wildman–Crippen MR) is 63.5 cm³/mol. The zero-order valence-corrected chi connectivity index (χ0v) is 10.5. The lowest BCUT2D eigenvalue weighted by molar-refractivity contribution is -0.117. The summed E-state index contributed by atoms with van der Waals surface area (Å²) in [5.74, 6) is -0.0492. The van der Waals surface area contributed by atoms with Crippen LogP contribution in [0, 0.1) is 0 Å². The molecular formula is C9H13BrN2OS. The number of hydrogen-bond acceptors (Lipinski definition) is 3. The summed E-state index contributed by atoms with van der Waals surface area (Å²) in [5.41, 5.74) is 5.27. The van der Waals surface area contributed by atoms with Crippen molar-refractivity contribution < 1.29 is 4.79 Å². The van der Waals surface area contributed by atoms with Crippen LogP contribution in [0.3, 0.4) is 0 Å². The van der Waals surface area contributed by atoms with Gasteiger partial charge < -0.3 is 11.1 Å². The first-order chi connectivity index (χ1) is 6.37. The smallest absolute Gasteiger partial charge is 0.226 e. The van der Waals surface area contributed by atoms with E-state index in [0.717, 1.165) is 9.47 Å². The Bertz CT molecular complexity index is 330. The van der Waals surface area contributed by atoms with Gasteiger partial charge in [-0.25, -0.2) is 0 Å². The number of nitrogens with one attached hydrogen (secondary N) is 1. The number of nitrogens with two attached hydrogens (primary N) is 1. The fourth-order valence-corrected chi connectivity index (χ4v) is 2.31. The molecule has 3 nitrogen and oxygen atoms in total. The minimum Gasteiger partial charge on any atom is -0.325 e. The summed E-state index contributed by atoms with van der Waals surface area (Å²) in [6, 6.07) is 1.87. The van der Waals surface area contributed by atoms with E-state index in [1.165, 1.54) is 11.3 Å². The summed E-state index contributed by atoms with van der Waals surface area (Å²) in [4.78, 5) is 11.4. The zero-order valence-electron chi connectivity index (χ0n) is 8.13. The molecule has 0 atom stereocenters. The van der Waals surface area contributed by atoms with Crippen molar-refractivity contribution in [2.75, 3.05) is 5.32 Å². The standard InChI is InChI=1S/C9H13BrN2OS/c1-9(2,11)4-7(13)12-8-3-6(10)5-14-8/h3,5H,4,11H2,1-2H3,(H,12,13). The van der Waals surface area contributed by atoms with Gasteiger partial charge in [0.1, 0.15) is 0 Å². The number of anilines is 1. The van der Waals surface area contributed by atoms with Gasteiger partial charge >= 0.3 is 0 Å². The van der Waals surface area contributed by atoms with Gasteiger partial charge in [0.2, 0.25) is 5.91 Å². The van der Waals surface area contributed by atoms with Crippen molar-refractivity contribution >= 4 is 38.2 Å². The second-order valence-corrected chi connectivity index (χ2v) is 5.67. The Morgan fingerprint density at radius 1 is 1.71 bits per heavy atom. The third kappa shape index (κ3) is 4.21. The Morgan fingerprint density at radius 2 is 2.36 bits per heavy atom. The van der Waals surface area contributed by atoms with Crippen molar-refractivity contribution in [2.24, 2.45) is 5.73 Å². The molecule has 0 saturated carbocycles. The van der Waals surface area contributed by atoms with E-state index in [-0.39, 0.29) is 5.91 Å². The molecule has 0 unspecified atom stereocenters. The van der Waals surface area contributed by atoms with Crippen LogP contribution in [0.2, 0.25) is 0 Å². The van der Waals surface area contributed by atoms with Gasteiger partial charge in [-0.1, -0.05) is 0 Å². The number of thiophene rings is 1. The third-order valence-corrected chi connectivity index (χ3v) is 3.05. The highest BCUT2D eigenvalue weighted by molar-refractivity contribution is 9.10. The van der Waals surface area contributed by atoms with Gasteiger partial charge in [0.25, 0.3) is 0 Å². The van der Waals surface area contributed by atoms with Gasteiger partial charge in [-0.2, -0.15) is 0 Å². The molecule has 0 bridgehead atoms. The summed E-state index contributed by atoms with van der Waals surface area (Å²) in [6.45, 7) is 3.66. The largest absolute Gasteiger partial charge is 0.325 e. The lowest BCUT2D eigenvalue weighted by atomic mass is 10.0. The second kappa shape index (κ2) is 4.42. The van der Waals surface area contributed by atoms with E-state index >= 15 is 0 Å². The fourth-order valence-electron chi connectivity index (χ4n) is 0.974. The van der Waals surface area contributed by atoms with Crippen molar-refractivity contribution in [3.05, 3.63) is 15.9 Å². The Balaban J connectivity index is 2.50. The SMILES string of the molecule is CC(C)(N)CC(=O)Nc1cc(Br)cs1. The first kappa shape index (κ1) is 11.7. The van der Waals surface area contributed by atoms with Gasteiger partial charge in [0.15, 0.2) is 0 Å². The molecule has 14 heavy (non-hydrogen) atoms. The summed E-state index contributed by atoms with van der Waals surface area (Å²) in [6.07, 6.45) is 0.322. The lowest BCUT2D eigenvalue weighted by Crippen LogP contribution is -2.36. The summed E-state index contributed by atoms with van der Waals surface area (Å²) >= 11 is 4.80. The van der Waals surface area contributed by atoms with E-state index < -0.39 is 5.54 Å². The Morgan fingerprint density at radius 3 is 2.79 bits per heavy atom. The molecule has 0 fully saturated rings. The molecule has 1 amide bonds. The zero-order chi connectivity index (χ0) is 10.8. The number of hydrogen-bond donors (Lipinski definition) is 2. The molecule has 0 radical (unpaired) electrons. The van der Waals surface area contributed by atoms with Crippen LogP contribution in [0.15, 0.2) is 15.9 Å². The Kier molecular flexibility index (Phi) is 3.69. The molecule has 1 heterocycles. The lowest BCUT2D eigenvalue weighted by Gasteiger charge is -2.16. The minimum atomic E-state index is -0.460. The Hall–Kier alpha value is -0.390. The van der Waals surface area contributed by atoms with E-state index in [1.54, 1.807) is 0 Å². The van der Waals surface area contributed by atoms with E-state index in [1.807, 2.05) is 25.3 Å². The molecule has 1 aromatic rings. The quantitative estimate of drug-likeness (QED) is 0.892. The first-order valence-corrected chi connectivity index (χ1v) is 5.87. The van der Waals surface area contributed by atoms with Gasteiger partial charge in [-0.15, -0.1) is 11.3 Å². The van der Waals surface area contributed by atoms with Gasteiger partial charge in [0, 0.05) is 21.8 Å². The van der Waals surface area contributed by atoms with E-state index in [0.29, 0.717) is 6.42 Å². The summed E-state index contributed by atoms with van der Waals surface area (Å²) in [5, 5.41) is 5.55. The van der Waals surface area contributed by atoms with Crippen molar-refractivity contribution in [2.45, 2.75) is 25.8 Å².